The third-order valence-electron chi connectivity index (χ3n) is 3.23. The fraction of sp³-hybridized carbons (Fsp3) is 0.500. The molecule has 0 bridgehead atoms. The molecule has 116 valence electrons. The number of Topliss-reactive ketones (excluding diaryl/α,β-unsaturated/α-hetero) is 1. The number of methoxy groups -OCH3 is 2. The zero-order chi connectivity index (χ0) is 15.8. The molecule has 0 amide bonds. The molecule has 0 fully saturated rings. The molecule has 1 unspecified atom stereocenters. The second-order valence-electron chi connectivity index (χ2n) is 4.64. The topological polar surface area (TPSA) is 61.8 Å². The number of esters is 1. The van der Waals surface area contributed by atoms with Crippen LogP contribution in [0.5, 0.6) is 11.5 Å². The van der Waals surface area contributed by atoms with Gasteiger partial charge in [0.05, 0.1) is 20.8 Å². The van der Waals surface area contributed by atoms with Crippen molar-refractivity contribution < 1.29 is 23.8 Å². The van der Waals surface area contributed by atoms with Crippen LogP contribution in [0.2, 0.25) is 0 Å². The van der Waals surface area contributed by atoms with Crippen LogP contribution < -0.4 is 9.47 Å². The molecule has 5 heteroatoms. The van der Waals surface area contributed by atoms with Crippen molar-refractivity contribution in [1.82, 2.24) is 0 Å². The summed E-state index contributed by atoms with van der Waals surface area (Å²) in [6.07, 6.45) is 1.01. The molecule has 21 heavy (non-hydrogen) atoms. The minimum absolute atomic E-state index is 0.172. The molecule has 1 rings (SSSR count). The highest BCUT2D eigenvalue weighted by atomic mass is 16.5. The maximum atomic E-state index is 11.7. The monoisotopic (exact) mass is 294 g/mol. The van der Waals surface area contributed by atoms with Gasteiger partial charge in [0.25, 0.3) is 0 Å². The number of carbonyl (C=O) groups is 2. The Bertz CT molecular complexity index is 495. The van der Waals surface area contributed by atoms with Crippen LogP contribution in [0.15, 0.2) is 18.2 Å². The van der Waals surface area contributed by atoms with Crippen LogP contribution in [-0.4, -0.2) is 32.6 Å². The SMILES string of the molecule is CCOC(=O)C(CCc1ccc(OC)c(OC)c1)C(C)=O. The van der Waals surface area contributed by atoms with E-state index in [2.05, 4.69) is 0 Å². The molecule has 0 aliphatic heterocycles. The van der Waals surface area contributed by atoms with Gasteiger partial charge in [-0.15, -0.1) is 0 Å². The number of rotatable bonds is 8. The smallest absolute Gasteiger partial charge is 0.316 e. The Kier molecular flexibility index (Phi) is 6.72. The van der Waals surface area contributed by atoms with E-state index in [-0.39, 0.29) is 12.4 Å². The van der Waals surface area contributed by atoms with Gasteiger partial charge in [-0.25, -0.2) is 0 Å². The summed E-state index contributed by atoms with van der Waals surface area (Å²) in [7, 11) is 3.14. The summed E-state index contributed by atoms with van der Waals surface area (Å²) < 4.78 is 15.3. The first-order valence-electron chi connectivity index (χ1n) is 6.91. The number of aryl methyl sites for hydroxylation is 1. The lowest BCUT2D eigenvalue weighted by Gasteiger charge is -2.13. The van der Waals surface area contributed by atoms with E-state index in [1.54, 1.807) is 27.2 Å². The first-order chi connectivity index (χ1) is 10.0. The Morgan fingerprint density at radius 3 is 2.33 bits per heavy atom. The Morgan fingerprint density at radius 1 is 1.14 bits per heavy atom. The molecule has 0 aliphatic rings. The minimum Gasteiger partial charge on any atom is -0.493 e. The number of ether oxygens (including phenoxy) is 3. The van der Waals surface area contributed by atoms with Crippen molar-refractivity contribution in [3.63, 3.8) is 0 Å². The third kappa shape index (κ3) is 4.77. The van der Waals surface area contributed by atoms with Crippen molar-refractivity contribution in [3.05, 3.63) is 23.8 Å². The van der Waals surface area contributed by atoms with Crippen LogP contribution in [0.3, 0.4) is 0 Å². The van der Waals surface area contributed by atoms with Gasteiger partial charge < -0.3 is 14.2 Å². The van der Waals surface area contributed by atoms with Crippen LogP contribution in [0.25, 0.3) is 0 Å². The lowest BCUT2D eigenvalue weighted by atomic mass is 9.96. The number of carbonyl (C=O) groups excluding carboxylic acids is 2. The van der Waals surface area contributed by atoms with Crippen LogP contribution in [-0.2, 0) is 20.7 Å². The van der Waals surface area contributed by atoms with E-state index in [0.717, 1.165) is 5.56 Å². The van der Waals surface area contributed by atoms with Crippen LogP contribution in [0, 0.1) is 5.92 Å². The van der Waals surface area contributed by atoms with Crippen molar-refractivity contribution in [1.29, 1.82) is 0 Å². The zero-order valence-electron chi connectivity index (χ0n) is 13.0. The summed E-state index contributed by atoms with van der Waals surface area (Å²) in [4.78, 5) is 23.3. The van der Waals surface area contributed by atoms with Crippen molar-refractivity contribution in [3.8, 4) is 11.5 Å². The molecule has 0 aliphatic carbocycles. The van der Waals surface area contributed by atoms with Crippen molar-refractivity contribution >= 4 is 11.8 Å². The maximum Gasteiger partial charge on any atom is 0.316 e. The van der Waals surface area contributed by atoms with Gasteiger partial charge >= 0.3 is 5.97 Å². The van der Waals surface area contributed by atoms with E-state index in [0.29, 0.717) is 24.3 Å². The summed E-state index contributed by atoms with van der Waals surface area (Å²) >= 11 is 0. The Labute approximate surface area is 125 Å². The fourth-order valence-electron chi connectivity index (χ4n) is 2.08. The minimum atomic E-state index is -0.710. The van der Waals surface area contributed by atoms with Gasteiger partial charge in [-0.3, -0.25) is 9.59 Å². The average molecular weight is 294 g/mol. The molecular weight excluding hydrogens is 272 g/mol. The van der Waals surface area contributed by atoms with E-state index in [9.17, 15) is 9.59 Å². The molecular formula is C16H22O5. The van der Waals surface area contributed by atoms with Crippen LogP contribution in [0.4, 0.5) is 0 Å². The molecule has 1 aromatic rings. The zero-order valence-corrected chi connectivity index (χ0v) is 13.0. The summed E-state index contributed by atoms with van der Waals surface area (Å²) in [5.41, 5.74) is 0.975. The normalized spacial score (nSPS) is 11.6. The molecule has 0 saturated heterocycles. The molecule has 0 heterocycles. The van der Waals surface area contributed by atoms with Gasteiger partial charge in [0.2, 0.25) is 0 Å². The molecule has 0 aromatic heterocycles. The van der Waals surface area contributed by atoms with E-state index in [1.807, 2.05) is 12.1 Å². The second-order valence-corrected chi connectivity index (χ2v) is 4.64. The van der Waals surface area contributed by atoms with Crippen molar-refractivity contribution in [2.24, 2.45) is 5.92 Å². The predicted octanol–water partition coefficient (Wildman–Crippen LogP) is 2.40. The highest BCUT2D eigenvalue weighted by Gasteiger charge is 2.24. The first-order valence-corrected chi connectivity index (χ1v) is 6.91. The van der Waals surface area contributed by atoms with Gasteiger partial charge in [0, 0.05) is 0 Å². The van der Waals surface area contributed by atoms with Crippen LogP contribution >= 0.6 is 0 Å². The average Bonchev–Trinajstić information content (AvgIpc) is 2.47. The van der Waals surface area contributed by atoms with E-state index >= 15 is 0 Å². The van der Waals surface area contributed by atoms with E-state index < -0.39 is 11.9 Å². The van der Waals surface area contributed by atoms with E-state index in [4.69, 9.17) is 14.2 Å². The lowest BCUT2D eigenvalue weighted by Crippen LogP contribution is -2.25. The number of hydrogen-bond acceptors (Lipinski definition) is 5. The molecule has 0 N–H and O–H groups in total. The first kappa shape index (κ1) is 17.0. The van der Waals surface area contributed by atoms with Gasteiger partial charge in [0.15, 0.2) is 11.5 Å². The predicted molar refractivity (Wildman–Crippen MR) is 78.7 cm³/mol. The Balaban J connectivity index is 2.76. The Hall–Kier alpha value is -2.04. The van der Waals surface area contributed by atoms with Crippen LogP contribution in [0.1, 0.15) is 25.8 Å². The van der Waals surface area contributed by atoms with Gasteiger partial charge in [-0.05, 0) is 44.4 Å². The van der Waals surface area contributed by atoms with Crippen molar-refractivity contribution in [2.75, 3.05) is 20.8 Å². The van der Waals surface area contributed by atoms with Gasteiger partial charge in [-0.2, -0.15) is 0 Å². The highest BCUT2D eigenvalue weighted by molar-refractivity contribution is 5.97. The molecule has 0 saturated carbocycles. The maximum absolute atomic E-state index is 11.7. The van der Waals surface area contributed by atoms with Crippen molar-refractivity contribution in [2.45, 2.75) is 26.7 Å². The number of hydrogen-bond donors (Lipinski definition) is 0. The summed E-state index contributed by atoms with van der Waals surface area (Å²) in [5, 5.41) is 0. The van der Waals surface area contributed by atoms with Gasteiger partial charge in [-0.1, -0.05) is 6.07 Å². The number of ketones is 1. The standard InChI is InChI=1S/C16H22O5/c1-5-21-16(18)13(11(2)17)8-6-12-7-9-14(19-3)15(10-12)20-4/h7,9-10,13H,5-6,8H2,1-4H3. The van der Waals surface area contributed by atoms with E-state index in [1.165, 1.54) is 6.92 Å². The largest absolute Gasteiger partial charge is 0.493 e. The Morgan fingerprint density at radius 2 is 1.81 bits per heavy atom. The second kappa shape index (κ2) is 8.29. The highest BCUT2D eigenvalue weighted by Crippen LogP contribution is 2.28. The summed E-state index contributed by atoms with van der Waals surface area (Å²) in [6.45, 7) is 3.42. The number of benzene rings is 1. The lowest BCUT2D eigenvalue weighted by molar-refractivity contribution is -0.151. The molecule has 0 radical (unpaired) electrons. The quantitative estimate of drug-likeness (QED) is 0.544. The molecule has 0 spiro atoms. The molecule has 5 nitrogen and oxygen atoms in total. The third-order valence-corrected chi connectivity index (χ3v) is 3.23. The summed E-state index contributed by atoms with van der Waals surface area (Å²) in [6, 6.07) is 5.55. The molecule has 1 aromatic carbocycles. The fourth-order valence-corrected chi connectivity index (χ4v) is 2.08. The molecule has 1 atom stereocenters. The summed E-state index contributed by atoms with van der Waals surface area (Å²) in [5.74, 6) is -0.0577. The van der Waals surface area contributed by atoms with Gasteiger partial charge in [0.1, 0.15) is 11.7 Å².